The molecule has 1 aliphatic heterocycles. The molecule has 1 nitrogen and oxygen atoms in total. The molecule has 1 N–H and O–H groups in total. The third kappa shape index (κ3) is 2.32. The molecule has 1 aromatic rings. The fraction of sp³-hybridized carbons (Fsp3) is 0.625. The molecule has 2 bridgehead atoms. The zero-order valence-electron chi connectivity index (χ0n) is 11.1. The minimum Gasteiger partial charge on any atom is -0.307 e. The van der Waals surface area contributed by atoms with E-state index in [-0.39, 0.29) is 0 Å². The molecule has 3 aliphatic rings. The lowest BCUT2D eigenvalue weighted by Gasteiger charge is -2.32. The van der Waals surface area contributed by atoms with Crippen LogP contribution in [-0.2, 0) is 0 Å². The molecule has 1 aromatic carbocycles. The van der Waals surface area contributed by atoms with E-state index < -0.39 is 0 Å². The Morgan fingerprint density at radius 3 is 2.89 bits per heavy atom. The van der Waals surface area contributed by atoms with Gasteiger partial charge in [-0.2, -0.15) is 0 Å². The Morgan fingerprint density at radius 2 is 2.11 bits per heavy atom. The highest BCUT2D eigenvalue weighted by Crippen LogP contribution is 2.46. The van der Waals surface area contributed by atoms with Gasteiger partial charge in [0, 0.05) is 22.0 Å². The molecule has 4 unspecified atom stereocenters. The van der Waals surface area contributed by atoms with Crippen molar-refractivity contribution in [3.8, 4) is 0 Å². The fourth-order valence-corrected chi connectivity index (χ4v) is 5.53. The molecular formula is C16H20ClNS. The summed E-state index contributed by atoms with van der Waals surface area (Å²) in [5, 5.41) is 4.84. The van der Waals surface area contributed by atoms with E-state index in [2.05, 4.69) is 17.4 Å². The van der Waals surface area contributed by atoms with Crippen molar-refractivity contribution >= 4 is 23.4 Å². The normalized spacial score (nSPS) is 36.5. The topological polar surface area (TPSA) is 12.0 Å². The van der Waals surface area contributed by atoms with Crippen LogP contribution in [0.15, 0.2) is 23.1 Å². The van der Waals surface area contributed by atoms with Gasteiger partial charge in [0.1, 0.15) is 0 Å². The first-order chi connectivity index (χ1) is 9.29. The Morgan fingerprint density at radius 1 is 1.16 bits per heavy atom. The Kier molecular flexibility index (Phi) is 3.29. The number of hydrogen-bond acceptors (Lipinski definition) is 2. The van der Waals surface area contributed by atoms with Crippen molar-refractivity contribution in [1.29, 1.82) is 0 Å². The number of benzene rings is 1. The van der Waals surface area contributed by atoms with E-state index >= 15 is 0 Å². The van der Waals surface area contributed by atoms with Crippen LogP contribution < -0.4 is 5.32 Å². The van der Waals surface area contributed by atoms with Crippen molar-refractivity contribution in [3.63, 3.8) is 0 Å². The monoisotopic (exact) mass is 293 g/mol. The first kappa shape index (κ1) is 12.6. The molecule has 2 fully saturated rings. The van der Waals surface area contributed by atoms with Crippen LogP contribution in [0, 0.1) is 11.8 Å². The standard InChI is InChI=1S/C16H20ClNS/c17-12-3-4-16-13(9-12)14(5-6-19-16)18-15-8-10-1-2-11(15)7-10/h3-4,9-11,14-15,18H,1-2,5-8H2. The molecule has 2 aliphatic carbocycles. The summed E-state index contributed by atoms with van der Waals surface area (Å²) >= 11 is 8.16. The van der Waals surface area contributed by atoms with E-state index in [0.717, 1.165) is 22.9 Å². The average molecular weight is 294 g/mol. The maximum absolute atomic E-state index is 6.18. The SMILES string of the molecule is Clc1ccc2c(c1)C(NC1CC3CCC1C3)CCS2. The van der Waals surface area contributed by atoms with Crippen LogP contribution in [0.3, 0.4) is 0 Å². The number of hydrogen-bond donors (Lipinski definition) is 1. The van der Waals surface area contributed by atoms with Crippen molar-refractivity contribution in [2.24, 2.45) is 11.8 Å². The molecule has 102 valence electrons. The zero-order chi connectivity index (χ0) is 12.8. The summed E-state index contributed by atoms with van der Waals surface area (Å²) in [4.78, 5) is 1.43. The molecule has 1 heterocycles. The van der Waals surface area contributed by atoms with Crippen molar-refractivity contribution < 1.29 is 0 Å². The number of thioether (sulfide) groups is 1. The smallest absolute Gasteiger partial charge is 0.0410 e. The van der Waals surface area contributed by atoms with Gasteiger partial charge < -0.3 is 5.32 Å². The Labute approximate surface area is 124 Å². The lowest BCUT2D eigenvalue weighted by atomic mass is 9.93. The van der Waals surface area contributed by atoms with E-state index in [4.69, 9.17) is 11.6 Å². The van der Waals surface area contributed by atoms with E-state index in [0.29, 0.717) is 6.04 Å². The summed E-state index contributed by atoms with van der Waals surface area (Å²) in [6.07, 6.45) is 7.05. The highest BCUT2D eigenvalue weighted by molar-refractivity contribution is 7.99. The van der Waals surface area contributed by atoms with Crippen molar-refractivity contribution in [2.45, 2.75) is 49.1 Å². The van der Waals surface area contributed by atoms with Gasteiger partial charge in [-0.1, -0.05) is 18.0 Å². The summed E-state index contributed by atoms with van der Waals surface area (Å²) < 4.78 is 0. The van der Waals surface area contributed by atoms with E-state index in [1.807, 2.05) is 17.8 Å². The molecule has 0 aromatic heterocycles. The summed E-state index contributed by atoms with van der Waals surface area (Å²) in [5.41, 5.74) is 1.44. The fourth-order valence-electron chi connectivity index (χ4n) is 4.25. The highest BCUT2D eigenvalue weighted by Gasteiger charge is 2.40. The molecule has 4 rings (SSSR count). The third-order valence-corrected chi connectivity index (χ3v) is 6.52. The number of fused-ring (bicyclic) bond motifs is 3. The zero-order valence-corrected chi connectivity index (χ0v) is 12.6. The van der Waals surface area contributed by atoms with Crippen LogP contribution in [0.25, 0.3) is 0 Å². The molecule has 2 saturated carbocycles. The van der Waals surface area contributed by atoms with Crippen LogP contribution in [0.1, 0.15) is 43.7 Å². The molecule has 3 heteroatoms. The summed E-state index contributed by atoms with van der Waals surface area (Å²) in [6.45, 7) is 0. The van der Waals surface area contributed by atoms with Gasteiger partial charge in [0.15, 0.2) is 0 Å². The van der Waals surface area contributed by atoms with Gasteiger partial charge in [-0.3, -0.25) is 0 Å². The van der Waals surface area contributed by atoms with E-state index in [9.17, 15) is 0 Å². The molecule has 0 spiro atoms. The lowest BCUT2D eigenvalue weighted by molar-refractivity contribution is 0.313. The predicted molar refractivity (Wildman–Crippen MR) is 81.9 cm³/mol. The molecule has 0 amide bonds. The molecule has 0 saturated heterocycles. The Bertz CT molecular complexity index is 490. The molecule has 0 radical (unpaired) electrons. The van der Waals surface area contributed by atoms with Crippen LogP contribution in [-0.4, -0.2) is 11.8 Å². The number of nitrogens with one attached hydrogen (secondary N) is 1. The largest absolute Gasteiger partial charge is 0.307 e. The van der Waals surface area contributed by atoms with E-state index in [1.165, 1.54) is 48.3 Å². The van der Waals surface area contributed by atoms with Crippen molar-refractivity contribution in [1.82, 2.24) is 5.32 Å². The van der Waals surface area contributed by atoms with Gasteiger partial charge in [-0.15, -0.1) is 11.8 Å². The third-order valence-electron chi connectivity index (χ3n) is 5.16. The van der Waals surface area contributed by atoms with Gasteiger partial charge in [-0.25, -0.2) is 0 Å². The maximum atomic E-state index is 6.18. The Balaban J connectivity index is 1.55. The van der Waals surface area contributed by atoms with Crippen LogP contribution in [0.5, 0.6) is 0 Å². The summed E-state index contributed by atoms with van der Waals surface area (Å²) in [6, 6.07) is 7.68. The maximum Gasteiger partial charge on any atom is 0.0410 e. The molecular weight excluding hydrogens is 274 g/mol. The first-order valence-electron chi connectivity index (χ1n) is 7.48. The summed E-state index contributed by atoms with van der Waals surface area (Å²) in [7, 11) is 0. The van der Waals surface area contributed by atoms with Crippen molar-refractivity contribution in [2.75, 3.05) is 5.75 Å². The van der Waals surface area contributed by atoms with Crippen LogP contribution in [0.2, 0.25) is 5.02 Å². The van der Waals surface area contributed by atoms with Crippen LogP contribution >= 0.6 is 23.4 Å². The molecule has 4 atom stereocenters. The van der Waals surface area contributed by atoms with Gasteiger partial charge in [-0.05, 0) is 67.0 Å². The Hall–Kier alpha value is -0.180. The van der Waals surface area contributed by atoms with Gasteiger partial charge in [0.05, 0.1) is 0 Å². The first-order valence-corrected chi connectivity index (χ1v) is 8.84. The second kappa shape index (κ2) is 4.98. The highest BCUT2D eigenvalue weighted by atomic mass is 35.5. The lowest BCUT2D eigenvalue weighted by Crippen LogP contribution is -2.38. The predicted octanol–water partition coefficient (Wildman–Crippen LogP) is 4.66. The number of rotatable bonds is 2. The average Bonchev–Trinajstić information content (AvgIpc) is 3.02. The second-order valence-corrected chi connectivity index (χ2v) is 7.89. The summed E-state index contributed by atoms with van der Waals surface area (Å²) in [5.74, 6) is 3.19. The van der Waals surface area contributed by atoms with E-state index in [1.54, 1.807) is 0 Å². The number of halogens is 1. The van der Waals surface area contributed by atoms with Gasteiger partial charge >= 0.3 is 0 Å². The van der Waals surface area contributed by atoms with Gasteiger partial charge in [0.2, 0.25) is 0 Å². The minimum absolute atomic E-state index is 0.527. The van der Waals surface area contributed by atoms with Crippen LogP contribution in [0.4, 0.5) is 0 Å². The van der Waals surface area contributed by atoms with Gasteiger partial charge in [0.25, 0.3) is 0 Å². The van der Waals surface area contributed by atoms with Crippen molar-refractivity contribution in [3.05, 3.63) is 28.8 Å². The second-order valence-electron chi connectivity index (χ2n) is 6.32. The molecule has 19 heavy (non-hydrogen) atoms. The minimum atomic E-state index is 0.527. The quantitative estimate of drug-likeness (QED) is 0.851.